The Hall–Kier alpha value is -6.00. The Balaban J connectivity index is 1.20. The predicted molar refractivity (Wildman–Crippen MR) is 209 cm³/mol. The highest BCUT2D eigenvalue weighted by Crippen LogP contribution is 2.57. The molecule has 6 aromatic carbocycles. The Labute approximate surface area is 305 Å². The van der Waals surface area contributed by atoms with Gasteiger partial charge in [-0.15, -0.1) is 0 Å². The SMILES string of the molecule is Cc1cc(CN(Cc2ccco2)c2cc(C)cc(C3(C)c4ccccc4-c4ccccc43)c2O)c(O)c(C2(C)c3ccccc3-c3ccccc32)c1. The van der Waals surface area contributed by atoms with Gasteiger partial charge in [0.1, 0.15) is 17.3 Å². The molecule has 256 valence electrons. The number of phenolic OH excluding ortho intramolecular Hbond substituents is 2. The minimum atomic E-state index is -0.578. The lowest BCUT2D eigenvalue weighted by Crippen LogP contribution is -2.27. The summed E-state index contributed by atoms with van der Waals surface area (Å²) in [4.78, 5) is 2.14. The zero-order valence-corrected chi connectivity index (χ0v) is 29.9. The highest BCUT2D eigenvalue weighted by atomic mass is 16.3. The van der Waals surface area contributed by atoms with Gasteiger partial charge in [-0.05, 0) is 96.0 Å². The summed E-state index contributed by atoms with van der Waals surface area (Å²) in [5, 5.41) is 25.0. The third-order valence-electron chi connectivity index (χ3n) is 11.7. The van der Waals surface area contributed by atoms with Crippen molar-refractivity contribution in [3.05, 3.63) is 196 Å². The molecule has 0 saturated carbocycles. The molecule has 4 nitrogen and oxygen atoms in total. The summed E-state index contributed by atoms with van der Waals surface area (Å²) >= 11 is 0. The van der Waals surface area contributed by atoms with Crippen LogP contribution in [-0.2, 0) is 23.9 Å². The summed E-state index contributed by atoms with van der Waals surface area (Å²) in [5.74, 6) is 1.26. The lowest BCUT2D eigenvalue weighted by Gasteiger charge is -2.33. The Morgan fingerprint density at radius 3 is 1.40 bits per heavy atom. The second-order valence-electron chi connectivity index (χ2n) is 14.9. The van der Waals surface area contributed by atoms with Crippen LogP contribution in [0.15, 0.2) is 144 Å². The molecule has 0 bridgehead atoms. The van der Waals surface area contributed by atoms with Gasteiger partial charge in [-0.25, -0.2) is 0 Å². The van der Waals surface area contributed by atoms with Crippen LogP contribution in [0.2, 0.25) is 0 Å². The summed E-state index contributed by atoms with van der Waals surface area (Å²) in [7, 11) is 0. The van der Waals surface area contributed by atoms with E-state index in [9.17, 15) is 10.2 Å². The van der Waals surface area contributed by atoms with Crippen LogP contribution in [0.3, 0.4) is 0 Å². The maximum Gasteiger partial charge on any atom is 0.143 e. The molecule has 2 aliphatic rings. The first kappa shape index (κ1) is 31.9. The molecule has 0 aliphatic heterocycles. The molecule has 2 aliphatic carbocycles. The van der Waals surface area contributed by atoms with Crippen molar-refractivity contribution in [3.63, 3.8) is 0 Å². The molecule has 0 spiro atoms. The molecule has 0 saturated heterocycles. The lowest BCUT2D eigenvalue weighted by molar-refractivity contribution is 0.443. The Kier molecular flexibility index (Phi) is 7.24. The second-order valence-corrected chi connectivity index (χ2v) is 14.9. The molecule has 0 amide bonds. The van der Waals surface area contributed by atoms with Crippen molar-refractivity contribution in [2.75, 3.05) is 4.90 Å². The summed E-state index contributed by atoms with van der Waals surface area (Å²) in [6.45, 7) is 9.39. The van der Waals surface area contributed by atoms with Gasteiger partial charge in [-0.2, -0.15) is 0 Å². The number of hydrogen-bond acceptors (Lipinski definition) is 4. The third-order valence-corrected chi connectivity index (χ3v) is 11.7. The van der Waals surface area contributed by atoms with E-state index in [-0.39, 0.29) is 11.5 Å². The van der Waals surface area contributed by atoms with Crippen molar-refractivity contribution in [1.82, 2.24) is 0 Å². The van der Waals surface area contributed by atoms with Gasteiger partial charge < -0.3 is 19.5 Å². The Morgan fingerprint density at radius 1 is 0.500 bits per heavy atom. The van der Waals surface area contributed by atoms with Gasteiger partial charge >= 0.3 is 0 Å². The quantitative estimate of drug-likeness (QED) is 0.176. The van der Waals surface area contributed by atoms with Crippen molar-refractivity contribution in [3.8, 4) is 33.8 Å². The molecule has 9 rings (SSSR count). The van der Waals surface area contributed by atoms with Gasteiger partial charge in [-0.1, -0.05) is 121 Å². The number of aryl methyl sites for hydroxylation is 2. The van der Waals surface area contributed by atoms with E-state index >= 15 is 0 Å². The van der Waals surface area contributed by atoms with Crippen LogP contribution in [0.4, 0.5) is 5.69 Å². The summed E-state index contributed by atoms with van der Waals surface area (Å²) < 4.78 is 5.90. The van der Waals surface area contributed by atoms with Crippen molar-refractivity contribution in [2.24, 2.45) is 0 Å². The van der Waals surface area contributed by atoms with Gasteiger partial charge in [0.05, 0.1) is 18.5 Å². The maximum atomic E-state index is 12.5. The number of furan rings is 1. The molecule has 0 atom stereocenters. The number of nitrogens with zero attached hydrogens (tertiary/aromatic N) is 1. The Bertz CT molecular complexity index is 2420. The fourth-order valence-electron chi connectivity index (χ4n) is 9.25. The highest BCUT2D eigenvalue weighted by molar-refractivity contribution is 5.86. The smallest absolute Gasteiger partial charge is 0.143 e. The van der Waals surface area contributed by atoms with Crippen LogP contribution in [0.5, 0.6) is 11.5 Å². The fourth-order valence-corrected chi connectivity index (χ4v) is 9.25. The molecule has 0 fully saturated rings. The van der Waals surface area contributed by atoms with Crippen molar-refractivity contribution >= 4 is 5.69 Å². The fraction of sp³-hybridized carbons (Fsp3) is 0.167. The number of phenols is 2. The summed E-state index contributed by atoms with van der Waals surface area (Å²) in [6.07, 6.45) is 1.68. The second kappa shape index (κ2) is 11.8. The van der Waals surface area contributed by atoms with Crippen LogP contribution in [-0.4, -0.2) is 10.2 Å². The number of benzene rings is 6. The van der Waals surface area contributed by atoms with E-state index < -0.39 is 10.8 Å². The highest BCUT2D eigenvalue weighted by Gasteiger charge is 2.44. The van der Waals surface area contributed by atoms with E-state index in [4.69, 9.17) is 4.42 Å². The largest absolute Gasteiger partial charge is 0.507 e. The van der Waals surface area contributed by atoms with E-state index in [1.54, 1.807) is 6.26 Å². The summed E-state index contributed by atoms with van der Waals surface area (Å²) in [5.41, 5.74) is 13.7. The molecule has 0 radical (unpaired) electrons. The minimum absolute atomic E-state index is 0.226. The van der Waals surface area contributed by atoms with E-state index in [1.165, 1.54) is 44.5 Å². The van der Waals surface area contributed by atoms with E-state index in [0.717, 1.165) is 33.6 Å². The number of aromatic hydroxyl groups is 2. The van der Waals surface area contributed by atoms with Gasteiger partial charge in [0.2, 0.25) is 0 Å². The molecule has 52 heavy (non-hydrogen) atoms. The molecule has 7 aromatic rings. The number of fused-ring (bicyclic) bond motifs is 6. The lowest BCUT2D eigenvalue weighted by atomic mass is 9.73. The first-order chi connectivity index (χ1) is 25.2. The van der Waals surface area contributed by atoms with E-state index in [1.807, 2.05) is 12.1 Å². The monoisotopic (exact) mass is 679 g/mol. The van der Waals surface area contributed by atoms with Crippen LogP contribution in [0.25, 0.3) is 22.3 Å². The van der Waals surface area contributed by atoms with Gasteiger partial charge in [0.15, 0.2) is 0 Å². The molecule has 0 unspecified atom stereocenters. The molecule has 4 heteroatoms. The predicted octanol–water partition coefficient (Wildman–Crippen LogP) is 11.2. The van der Waals surface area contributed by atoms with Crippen molar-refractivity contribution in [2.45, 2.75) is 51.6 Å². The average molecular weight is 680 g/mol. The minimum Gasteiger partial charge on any atom is -0.507 e. The standard InChI is InChI=1S/C48H41NO3/c1-30-24-32(45(50)42(25-30)47(3)38-19-9-5-15-34(38)35-16-6-10-20-39(35)47)28-49(29-33-14-13-23-52-33)44-27-31(2)26-43(46(44)51)48(4)40-21-11-7-17-36(40)37-18-8-12-22-41(37)48/h5-27,50-51H,28-29H2,1-4H3. The molecular formula is C48H41NO3. The maximum absolute atomic E-state index is 12.5. The first-order valence-corrected chi connectivity index (χ1v) is 18.0. The van der Waals surface area contributed by atoms with E-state index in [2.05, 4.69) is 154 Å². The van der Waals surface area contributed by atoms with Crippen LogP contribution in [0.1, 0.15) is 69.7 Å². The normalized spacial score (nSPS) is 14.4. The van der Waals surface area contributed by atoms with Gasteiger partial charge in [0, 0.05) is 34.1 Å². The van der Waals surface area contributed by atoms with Crippen molar-refractivity contribution in [1.29, 1.82) is 0 Å². The topological polar surface area (TPSA) is 56.8 Å². The first-order valence-electron chi connectivity index (χ1n) is 18.0. The number of anilines is 1. The molecular weight excluding hydrogens is 639 g/mol. The Morgan fingerprint density at radius 2 is 0.942 bits per heavy atom. The van der Waals surface area contributed by atoms with Crippen molar-refractivity contribution < 1.29 is 14.6 Å². The van der Waals surface area contributed by atoms with Gasteiger partial charge in [0.25, 0.3) is 0 Å². The zero-order valence-electron chi connectivity index (χ0n) is 29.9. The van der Waals surface area contributed by atoms with E-state index in [0.29, 0.717) is 18.8 Å². The van der Waals surface area contributed by atoms with Crippen LogP contribution < -0.4 is 4.90 Å². The number of hydrogen-bond donors (Lipinski definition) is 2. The molecule has 1 heterocycles. The van der Waals surface area contributed by atoms with Crippen LogP contribution >= 0.6 is 0 Å². The zero-order chi connectivity index (χ0) is 35.8. The summed E-state index contributed by atoms with van der Waals surface area (Å²) in [6, 6.07) is 46.4. The van der Waals surface area contributed by atoms with Gasteiger partial charge in [-0.3, -0.25) is 0 Å². The van der Waals surface area contributed by atoms with Crippen LogP contribution in [0, 0.1) is 13.8 Å². The average Bonchev–Trinajstić information content (AvgIpc) is 3.84. The molecule has 1 aromatic heterocycles. The molecule has 2 N–H and O–H groups in total. The number of rotatable bonds is 7. The third kappa shape index (κ3) is 4.60.